The molecule has 0 aromatic carbocycles. The Morgan fingerprint density at radius 1 is 1.26 bits per heavy atom. The van der Waals surface area contributed by atoms with Crippen molar-refractivity contribution < 1.29 is 4.79 Å². The lowest BCUT2D eigenvalue weighted by Gasteiger charge is -2.39. The topological polar surface area (TPSA) is 46.3 Å². The molecule has 0 radical (unpaired) electrons. The number of hydrogen-bond acceptors (Lipinski definition) is 2. The molecule has 0 aromatic rings. The molecule has 3 heteroatoms. The third-order valence-electron chi connectivity index (χ3n) is 4.85. The van der Waals surface area contributed by atoms with Crippen LogP contribution in [0.25, 0.3) is 0 Å². The van der Waals surface area contributed by atoms with Crippen LogP contribution in [0.1, 0.15) is 65.2 Å². The third kappa shape index (κ3) is 3.50. The maximum absolute atomic E-state index is 13.0. The summed E-state index contributed by atoms with van der Waals surface area (Å²) < 4.78 is 0. The molecule has 0 spiro atoms. The van der Waals surface area contributed by atoms with Gasteiger partial charge in [-0.15, -0.1) is 0 Å². The predicted molar refractivity (Wildman–Crippen MR) is 78.8 cm³/mol. The molecule has 0 heterocycles. The largest absolute Gasteiger partial charge is 0.339 e. The van der Waals surface area contributed by atoms with E-state index in [1.165, 1.54) is 32.1 Å². The maximum Gasteiger partial charge on any atom is 0.230 e. The van der Waals surface area contributed by atoms with Crippen LogP contribution in [0.4, 0.5) is 0 Å². The monoisotopic (exact) mass is 266 g/mol. The Morgan fingerprint density at radius 3 is 2.37 bits per heavy atom. The van der Waals surface area contributed by atoms with E-state index in [9.17, 15) is 4.79 Å². The zero-order chi connectivity index (χ0) is 13.9. The van der Waals surface area contributed by atoms with Crippen molar-refractivity contribution in [2.75, 3.05) is 13.1 Å². The van der Waals surface area contributed by atoms with E-state index in [0.29, 0.717) is 24.4 Å². The molecule has 2 aliphatic carbocycles. The summed E-state index contributed by atoms with van der Waals surface area (Å²) >= 11 is 0. The molecule has 0 unspecified atom stereocenters. The van der Waals surface area contributed by atoms with Gasteiger partial charge in [0.2, 0.25) is 5.91 Å². The van der Waals surface area contributed by atoms with Crippen LogP contribution in [0.15, 0.2) is 0 Å². The number of nitrogens with zero attached hydrogens (tertiary/aromatic N) is 1. The molecule has 2 aliphatic rings. The highest BCUT2D eigenvalue weighted by Crippen LogP contribution is 2.40. The molecule has 0 aliphatic heterocycles. The Kier molecular flexibility index (Phi) is 4.88. The summed E-state index contributed by atoms with van der Waals surface area (Å²) in [6, 6.07) is 0.525. The minimum absolute atomic E-state index is 0.224. The molecule has 0 aromatic heterocycles. The fourth-order valence-corrected chi connectivity index (χ4v) is 3.27. The first-order chi connectivity index (χ1) is 9.09. The van der Waals surface area contributed by atoms with E-state index in [1.807, 2.05) is 0 Å². The molecule has 19 heavy (non-hydrogen) atoms. The van der Waals surface area contributed by atoms with Gasteiger partial charge in [0, 0.05) is 19.1 Å². The second-order valence-corrected chi connectivity index (χ2v) is 6.96. The zero-order valence-corrected chi connectivity index (χ0v) is 12.7. The van der Waals surface area contributed by atoms with Crippen molar-refractivity contribution in [1.29, 1.82) is 0 Å². The Balaban J connectivity index is 2.04. The second-order valence-electron chi connectivity index (χ2n) is 6.96. The van der Waals surface area contributed by atoms with Gasteiger partial charge in [-0.25, -0.2) is 0 Å². The van der Waals surface area contributed by atoms with Gasteiger partial charge >= 0.3 is 0 Å². The summed E-state index contributed by atoms with van der Waals surface area (Å²) in [5.74, 6) is 1.03. The van der Waals surface area contributed by atoms with E-state index in [0.717, 1.165) is 25.8 Å². The molecule has 0 atom stereocenters. The summed E-state index contributed by atoms with van der Waals surface area (Å²) in [6.07, 6.45) is 9.14. The van der Waals surface area contributed by atoms with Crippen molar-refractivity contribution in [1.82, 2.24) is 4.90 Å². The Morgan fingerprint density at radius 2 is 1.89 bits per heavy atom. The Hall–Kier alpha value is -0.570. The number of hydrogen-bond donors (Lipinski definition) is 1. The molecular formula is C16H30N2O. The lowest BCUT2D eigenvalue weighted by Crippen LogP contribution is -2.50. The van der Waals surface area contributed by atoms with E-state index in [-0.39, 0.29) is 5.41 Å². The quantitative estimate of drug-likeness (QED) is 0.803. The van der Waals surface area contributed by atoms with Crippen molar-refractivity contribution in [3.63, 3.8) is 0 Å². The molecule has 2 rings (SSSR count). The van der Waals surface area contributed by atoms with E-state index in [2.05, 4.69) is 18.7 Å². The van der Waals surface area contributed by atoms with Crippen molar-refractivity contribution in [2.24, 2.45) is 17.1 Å². The summed E-state index contributed by atoms with van der Waals surface area (Å²) in [7, 11) is 0. The Labute approximate surface area is 117 Å². The molecule has 0 saturated heterocycles. The van der Waals surface area contributed by atoms with Gasteiger partial charge in [0.1, 0.15) is 0 Å². The minimum atomic E-state index is -0.224. The zero-order valence-electron chi connectivity index (χ0n) is 12.7. The molecule has 110 valence electrons. The summed E-state index contributed by atoms with van der Waals surface area (Å²) in [5, 5.41) is 0. The molecule has 3 nitrogen and oxygen atoms in total. The van der Waals surface area contributed by atoms with Crippen molar-refractivity contribution in [3.8, 4) is 0 Å². The average Bonchev–Trinajstić information content (AvgIpc) is 3.24. The first-order valence-corrected chi connectivity index (χ1v) is 8.10. The fraction of sp³-hybridized carbons (Fsp3) is 0.938. The van der Waals surface area contributed by atoms with Gasteiger partial charge in [0.05, 0.1) is 5.41 Å². The minimum Gasteiger partial charge on any atom is -0.339 e. The van der Waals surface area contributed by atoms with Crippen molar-refractivity contribution in [2.45, 2.75) is 71.3 Å². The number of rotatable bonds is 6. The van der Waals surface area contributed by atoms with E-state index >= 15 is 0 Å². The van der Waals surface area contributed by atoms with E-state index in [1.54, 1.807) is 0 Å². The van der Waals surface area contributed by atoms with Crippen LogP contribution in [0.2, 0.25) is 0 Å². The highest BCUT2D eigenvalue weighted by molar-refractivity contribution is 5.83. The fourth-order valence-electron chi connectivity index (χ4n) is 3.27. The third-order valence-corrected chi connectivity index (χ3v) is 4.85. The van der Waals surface area contributed by atoms with Crippen LogP contribution in [0.5, 0.6) is 0 Å². The van der Waals surface area contributed by atoms with Gasteiger partial charge in [-0.3, -0.25) is 4.79 Å². The van der Waals surface area contributed by atoms with Gasteiger partial charge in [0.15, 0.2) is 0 Å². The summed E-state index contributed by atoms with van der Waals surface area (Å²) in [4.78, 5) is 15.2. The van der Waals surface area contributed by atoms with Crippen LogP contribution in [-0.2, 0) is 4.79 Å². The van der Waals surface area contributed by atoms with Crippen LogP contribution < -0.4 is 5.73 Å². The van der Waals surface area contributed by atoms with Crippen LogP contribution in [0.3, 0.4) is 0 Å². The van der Waals surface area contributed by atoms with E-state index < -0.39 is 0 Å². The van der Waals surface area contributed by atoms with Gasteiger partial charge in [0.25, 0.3) is 0 Å². The van der Waals surface area contributed by atoms with Crippen LogP contribution >= 0.6 is 0 Å². The average molecular weight is 266 g/mol. The maximum atomic E-state index is 13.0. The molecular weight excluding hydrogens is 236 g/mol. The van der Waals surface area contributed by atoms with Crippen LogP contribution in [0, 0.1) is 11.3 Å². The SMILES string of the molecule is CC(C)CCN(C(=O)C1(CN)CCCCC1)C1CC1. The number of amides is 1. The molecule has 0 bridgehead atoms. The van der Waals surface area contributed by atoms with Gasteiger partial charge in [-0.2, -0.15) is 0 Å². The number of carbonyl (C=O) groups excluding carboxylic acids is 1. The summed E-state index contributed by atoms with van der Waals surface area (Å²) in [6.45, 7) is 5.93. The number of carbonyl (C=O) groups is 1. The van der Waals surface area contributed by atoms with Gasteiger partial charge < -0.3 is 10.6 Å². The lowest BCUT2D eigenvalue weighted by molar-refractivity contribution is -0.144. The second kappa shape index (κ2) is 6.25. The van der Waals surface area contributed by atoms with Crippen LogP contribution in [-0.4, -0.2) is 29.9 Å². The lowest BCUT2D eigenvalue weighted by atomic mass is 9.73. The standard InChI is InChI=1S/C16H30N2O/c1-13(2)8-11-18(14-6-7-14)15(19)16(12-17)9-4-3-5-10-16/h13-14H,3-12,17H2,1-2H3. The number of nitrogens with two attached hydrogens (primary N) is 1. The van der Waals surface area contributed by atoms with Crippen molar-refractivity contribution in [3.05, 3.63) is 0 Å². The molecule has 2 saturated carbocycles. The smallest absolute Gasteiger partial charge is 0.230 e. The first kappa shape index (κ1) is 14.8. The molecule has 2 N–H and O–H groups in total. The van der Waals surface area contributed by atoms with E-state index in [4.69, 9.17) is 5.73 Å². The molecule has 1 amide bonds. The Bertz CT molecular complexity index is 304. The first-order valence-electron chi connectivity index (χ1n) is 8.10. The highest BCUT2D eigenvalue weighted by Gasteiger charge is 2.44. The summed E-state index contributed by atoms with van der Waals surface area (Å²) in [5.41, 5.74) is 5.78. The van der Waals surface area contributed by atoms with Gasteiger partial charge in [-0.1, -0.05) is 33.1 Å². The normalized spacial score (nSPS) is 22.5. The molecule has 2 fully saturated rings. The highest BCUT2D eigenvalue weighted by atomic mass is 16.2. The van der Waals surface area contributed by atoms with Gasteiger partial charge in [-0.05, 0) is 38.0 Å². The predicted octanol–water partition coefficient (Wildman–Crippen LogP) is 2.93. The van der Waals surface area contributed by atoms with Crippen molar-refractivity contribution >= 4 is 5.91 Å².